The maximum Gasteiger partial charge on any atom is 0.0474 e. The van der Waals surface area contributed by atoms with E-state index in [1.54, 1.807) is 7.11 Å². The lowest BCUT2D eigenvalue weighted by molar-refractivity contribution is 0.189. The van der Waals surface area contributed by atoms with Crippen LogP contribution in [0.5, 0.6) is 0 Å². The van der Waals surface area contributed by atoms with Gasteiger partial charge in [-0.2, -0.15) is 0 Å². The van der Waals surface area contributed by atoms with Crippen LogP contribution in [0.4, 0.5) is 0 Å². The van der Waals surface area contributed by atoms with Gasteiger partial charge in [-0.15, -0.1) is 0 Å². The van der Waals surface area contributed by atoms with Crippen LogP contribution in [0.2, 0.25) is 0 Å². The standard InChI is InChI=1S/C14H21NO/c1-16-9-5-8-15-14-10-13(11-14)12-6-3-2-4-7-12/h2-4,6-7,13-15H,5,8-11H2,1H3. The minimum absolute atomic E-state index is 0.724. The van der Waals surface area contributed by atoms with Gasteiger partial charge in [0.05, 0.1) is 0 Å². The van der Waals surface area contributed by atoms with Crippen molar-refractivity contribution in [1.82, 2.24) is 5.32 Å². The highest BCUT2D eigenvalue weighted by molar-refractivity contribution is 5.22. The highest BCUT2D eigenvalue weighted by Crippen LogP contribution is 2.36. The van der Waals surface area contributed by atoms with Crippen molar-refractivity contribution in [2.45, 2.75) is 31.2 Å². The number of hydrogen-bond donors (Lipinski definition) is 1. The van der Waals surface area contributed by atoms with Gasteiger partial charge < -0.3 is 10.1 Å². The molecule has 0 unspecified atom stereocenters. The molecule has 0 aliphatic heterocycles. The largest absolute Gasteiger partial charge is 0.385 e. The monoisotopic (exact) mass is 219 g/mol. The molecule has 1 aliphatic rings. The first kappa shape index (κ1) is 11.6. The summed E-state index contributed by atoms with van der Waals surface area (Å²) in [5.41, 5.74) is 1.50. The van der Waals surface area contributed by atoms with Crippen LogP contribution in [0.1, 0.15) is 30.7 Å². The van der Waals surface area contributed by atoms with Gasteiger partial charge in [-0.1, -0.05) is 30.3 Å². The summed E-state index contributed by atoms with van der Waals surface area (Å²) in [5.74, 6) is 0.779. The van der Waals surface area contributed by atoms with Gasteiger partial charge in [-0.25, -0.2) is 0 Å². The summed E-state index contributed by atoms with van der Waals surface area (Å²) in [6.45, 7) is 1.95. The van der Waals surface area contributed by atoms with E-state index in [1.165, 1.54) is 18.4 Å². The van der Waals surface area contributed by atoms with Gasteiger partial charge >= 0.3 is 0 Å². The highest BCUT2D eigenvalue weighted by atomic mass is 16.5. The third-order valence-electron chi connectivity index (χ3n) is 3.37. The molecule has 1 saturated carbocycles. The number of ether oxygens (including phenoxy) is 1. The molecule has 16 heavy (non-hydrogen) atoms. The van der Waals surface area contributed by atoms with Crippen LogP contribution < -0.4 is 5.32 Å². The fourth-order valence-electron chi connectivity index (χ4n) is 2.30. The molecule has 0 aromatic heterocycles. The molecule has 0 spiro atoms. The van der Waals surface area contributed by atoms with Crippen molar-refractivity contribution in [3.05, 3.63) is 35.9 Å². The van der Waals surface area contributed by atoms with Gasteiger partial charge in [-0.3, -0.25) is 0 Å². The molecule has 1 aromatic carbocycles. The summed E-state index contributed by atoms with van der Waals surface area (Å²) in [7, 11) is 1.76. The molecule has 2 nitrogen and oxygen atoms in total. The predicted molar refractivity (Wildman–Crippen MR) is 66.7 cm³/mol. The van der Waals surface area contributed by atoms with Crippen molar-refractivity contribution in [3.63, 3.8) is 0 Å². The zero-order chi connectivity index (χ0) is 11.2. The Bertz CT molecular complexity index is 293. The fourth-order valence-corrected chi connectivity index (χ4v) is 2.30. The van der Waals surface area contributed by atoms with Gasteiger partial charge in [0.15, 0.2) is 0 Å². The van der Waals surface area contributed by atoms with Crippen LogP contribution in [-0.4, -0.2) is 26.3 Å². The van der Waals surface area contributed by atoms with Crippen molar-refractivity contribution in [2.24, 2.45) is 0 Å². The Morgan fingerprint density at radius 1 is 1.25 bits per heavy atom. The van der Waals surface area contributed by atoms with E-state index < -0.39 is 0 Å². The molecular formula is C14H21NO. The van der Waals surface area contributed by atoms with Crippen molar-refractivity contribution < 1.29 is 4.74 Å². The lowest BCUT2D eigenvalue weighted by Crippen LogP contribution is -2.40. The molecule has 0 amide bonds. The van der Waals surface area contributed by atoms with E-state index >= 15 is 0 Å². The Labute approximate surface area is 98.0 Å². The number of benzene rings is 1. The first-order valence-corrected chi connectivity index (χ1v) is 6.17. The second-order valence-electron chi connectivity index (χ2n) is 4.58. The molecule has 0 saturated heterocycles. The summed E-state index contributed by atoms with van der Waals surface area (Å²) in [6.07, 6.45) is 3.69. The van der Waals surface area contributed by atoms with E-state index in [1.807, 2.05) is 0 Å². The average Bonchev–Trinajstić information content (AvgIpc) is 2.28. The maximum atomic E-state index is 5.03. The molecule has 1 aromatic rings. The van der Waals surface area contributed by atoms with Crippen LogP contribution in [0.25, 0.3) is 0 Å². The average molecular weight is 219 g/mol. The number of hydrogen-bond acceptors (Lipinski definition) is 2. The molecule has 1 fully saturated rings. The normalized spacial score (nSPS) is 24.1. The van der Waals surface area contributed by atoms with Crippen molar-refractivity contribution in [3.8, 4) is 0 Å². The maximum absolute atomic E-state index is 5.03. The van der Waals surface area contributed by atoms with E-state index in [9.17, 15) is 0 Å². The predicted octanol–water partition coefficient (Wildman–Crippen LogP) is 2.56. The Hall–Kier alpha value is -0.860. The Morgan fingerprint density at radius 3 is 2.69 bits per heavy atom. The van der Waals surface area contributed by atoms with E-state index in [4.69, 9.17) is 4.74 Å². The zero-order valence-electron chi connectivity index (χ0n) is 9.99. The molecule has 0 atom stereocenters. The first-order valence-electron chi connectivity index (χ1n) is 6.17. The van der Waals surface area contributed by atoms with Crippen LogP contribution in [0.3, 0.4) is 0 Å². The summed E-state index contributed by atoms with van der Waals surface area (Å²) in [6, 6.07) is 11.6. The smallest absolute Gasteiger partial charge is 0.0474 e. The first-order chi connectivity index (χ1) is 7.90. The van der Waals surface area contributed by atoms with Gasteiger partial charge in [0.1, 0.15) is 0 Å². The SMILES string of the molecule is COCCCNC1CC(c2ccccc2)C1. The minimum atomic E-state index is 0.724. The van der Waals surface area contributed by atoms with E-state index in [2.05, 4.69) is 35.6 Å². The summed E-state index contributed by atoms with van der Waals surface area (Å²) in [5, 5.41) is 3.57. The number of nitrogens with one attached hydrogen (secondary N) is 1. The molecule has 0 bridgehead atoms. The van der Waals surface area contributed by atoms with Crippen LogP contribution in [-0.2, 0) is 4.74 Å². The van der Waals surface area contributed by atoms with Crippen molar-refractivity contribution in [1.29, 1.82) is 0 Å². The minimum Gasteiger partial charge on any atom is -0.385 e. The number of methoxy groups -OCH3 is 1. The molecule has 2 rings (SSSR count). The summed E-state index contributed by atoms with van der Waals surface area (Å²) in [4.78, 5) is 0. The lowest BCUT2D eigenvalue weighted by atomic mass is 9.76. The van der Waals surface area contributed by atoms with E-state index in [0.29, 0.717) is 0 Å². The van der Waals surface area contributed by atoms with Crippen molar-refractivity contribution in [2.75, 3.05) is 20.3 Å². The zero-order valence-corrected chi connectivity index (χ0v) is 9.99. The molecule has 1 aliphatic carbocycles. The van der Waals surface area contributed by atoms with Gasteiger partial charge in [-0.05, 0) is 37.3 Å². The molecule has 0 heterocycles. The Balaban J connectivity index is 1.63. The topological polar surface area (TPSA) is 21.3 Å². The third-order valence-corrected chi connectivity index (χ3v) is 3.37. The third kappa shape index (κ3) is 3.06. The Kier molecular flexibility index (Phi) is 4.37. The second kappa shape index (κ2) is 6.02. The molecule has 88 valence electrons. The van der Waals surface area contributed by atoms with Crippen molar-refractivity contribution >= 4 is 0 Å². The fraction of sp³-hybridized carbons (Fsp3) is 0.571. The molecule has 1 N–H and O–H groups in total. The van der Waals surface area contributed by atoms with Crippen LogP contribution in [0, 0.1) is 0 Å². The van der Waals surface area contributed by atoms with Gasteiger partial charge in [0, 0.05) is 19.8 Å². The van der Waals surface area contributed by atoms with Crippen LogP contribution in [0.15, 0.2) is 30.3 Å². The second-order valence-corrected chi connectivity index (χ2v) is 4.58. The Morgan fingerprint density at radius 2 is 2.00 bits per heavy atom. The van der Waals surface area contributed by atoms with E-state index in [0.717, 1.165) is 31.5 Å². The summed E-state index contributed by atoms with van der Waals surface area (Å²) >= 11 is 0. The lowest BCUT2D eigenvalue weighted by Gasteiger charge is -2.36. The van der Waals surface area contributed by atoms with Gasteiger partial charge in [0.2, 0.25) is 0 Å². The molecule has 2 heteroatoms. The molecule has 0 radical (unpaired) electrons. The quantitative estimate of drug-likeness (QED) is 0.742. The highest BCUT2D eigenvalue weighted by Gasteiger charge is 2.29. The van der Waals surface area contributed by atoms with E-state index in [-0.39, 0.29) is 0 Å². The van der Waals surface area contributed by atoms with Gasteiger partial charge in [0.25, 0.3) is 0 Å². The van der Waals surface area contributed by atoms with Crippen LogP contribution >= 0.6 is 0 Å². The summed E-state index contributed by atoms with van der Waals surface area (Å²) < 4.78 is 5.03. The number of rotatable bonds is 6. The molecular weight excluding hydrogens is 198 g/mol.